The second-order valence-electron chi connectivity index (χ2n) is 3.73. The second kappa shape index (κ2) is 6.71. The van der Waals surface area contributed by atoms with Crippen LogP contribution in [0.25, 0.3) is 0 Å². The van der Waals surface area contributed by atoms with E-state index >= 15 is 0 Å². The molecule has 0 spiro atoms. The van der Waals surface area contributed by atoms with Gasteiger partial charge in [0.05, 0.1) is 0 Å². The minimum absolute atomic E-state index is 0.0104. The summed E-state index contributed by atoms with van der Waals surface area (Å²) in [6, 6.07) is 0.293. The summed E-state index contributed by atoms with van der Waals surface area (Å²) in [7, 11) is 0. The van der Waals surface area contributed by atoms with Gasteiger partial charge in [-0.3, -0.25) is 9.59 Å². The van der Waals surface area contributed by atoms with E-state index in [0.29, 0.717) is 18.9 Å². The molecule has 1 aliphatic rings. The Morgan fingerprint density at radius 1 is 1.40 bits per heavy atom. The summed E-state index contributed by atoms with van der Waals surface area (Å²) in [6.45, 7) is 0. The van der Waals surface area contributed by atoms with Crippen LogP contribution in [0.1, 0.15) is 32.1 Å². The van der Waals surface area contributed by atoms with Crippen molar-refractivity contribution in [3.63, 3.8) is 0 Å². The lowest BCUT2D eigenvalue weighted by Gasteiger charge is -2.22. The van der Waals surface area contributed by atoms with E-state index in [1.54, 1.807) is 0 Å². The van der Waals surface area contributed by atoms with Crippen LogP contribution in [0.15, 0.2) is 0 Å². The standard InChI is InChI=1S/C10H17NO3S/c12-9(4-1-5-10(13)14)11-8-3-2-6-15-7-8/h8H,1-7H2,(H,11,12)(H,13,14). The normalized spacial score (nSPS) is 20.9. The summed E-state index contributed by atoms with van der Waals surface area (Å²) in [5.74, 6) is 1.33. The molecule has 1 amide bonds. The summed E-state index contributed by atoms with van der Waals surface area (Å²) in [5.41, 5.74) is 0. The predicted molar refractivity (Wildman–Crippen MR) is 60.0 cm³/mol. The Hall–Kier alpha value is -0.710. The molecule has 1 atom stereocenters. The quantitative estimate of drug-likeness (QED) is 0.747. The Morgan fingerprint density at radius 2 is 2.20 bits per heavy atom. The number of carbonyl (C=O) groups is 2. The number of hydrogen-bond acceptors (Lipinski definition) is 3. The van der Waals surface area contributed by atoms with Crippen LogP contribution in [-0.4, -0.2) is 34.5 Å². The van der Waals surface area contributed by atoms with Gasteiger partial charge < -0.3 is 10.4 Å². The largest absolute Gasteiger partial charge is 0.481 e. The number of carboxylic acid groups (broad SMARTS) is 1. The van der Waals surface area contributed by atoms with Crippen LogP contribution in [0.5, 0.6) is 0 Å². The molecule has 5 heteroatoms. The van der Waals surface area contributed by atoms with Gasteiger partial charge in [0.2, 0.25) is 5.91 Å². The smallest absolute Gasteiger partial charge is 0.303 e. The van der Waals surface area contributed by atoms with E-state index in [2.05, 4.69) is 5.32 Å². The van der Waals surface area contributed by atoms with Gasteiger partial charge in [-0.25, -0.2) is 0 Å². The first kappa shape index (κ1) is 12.4. The van der Waals surface area contributed by atoms with Crippen molar-refractivity contribution in [1.29, 1.82) is 0 Å². The summed E-state index contributed by atoms with van der Waals surface area (Å²) >= 11 is 1.86. The Balaban J connectivity index is 2.09. The lowest BCUT2D eigenvalue weighted by molar-refractivity contribution is -0.137. The average molecular weight is 231 g/mol. The van der Waals surface area contributed by atoms with Gasteiger partial charge in [-0.05, 0) is 25.0 Å². The van der Waals surface area contributed by atoms with Crippen molar-refractivity contribution in [2.75, 3.05) is 11.5 Å². The molecule has 0 aromatic carbocycles. The third-order valence-electron chi connectivity index (χ3n) is 2.32. The summed E-state index contributed by atoms with van der Waals surface area (Å²) in [6.07, 6.45) is 3.05. The van der Waals surface area contributed by atoms with Gasteiger partial charge in [-0.1, -0.05) is 0 Å². The SMILES string of the molecule is O=C(O)CCCC(=O)NC1CCCSC1. The Morgan fingerprint density at radius 3 is 2.80 bits per heavy atom. The molecule has 0 aromatic rings. The lowest BCUT2D eigenvalue weighted by Crippen LogP contribution is -2.38. The van der Waals surface area contributed by atoms with Crippen molar-refractivity contribution in [2.45, 2.75) is 38.1 Å². The maximum atomic E-state index is 11.4. The number of amides is 1. The minimum atomic E-state index is -0.837. The molecule has 0 aromatic heterocycles. The molecule has 86 valence electrons. The molecule has 0 bridgehead atoms. The van der Waals surface area contributed by atoms with Crippen molar-refractivity contribution in [3.8, 4) is 0 Å². The van der Waals surface area contributed by atoms with Crippen LogP contribution in [0.2, 0.25) is 0 Å². The fraction of sp³-hybridized carbons (Fsp3) is 0.800. The van der Waals surface area contributed by atoms with Crippen LogP contribution in [0, 0.1) is 0 Å². The van der Waals surface area contributed by atoms with E-state index in [4.69, 9.17) is 5.11 Å². The van der Waals surface area contributed by atoms with E-state index in [0.717, 1.165) is 18.6 Å². The van der Waals surface area contributed by atoms with Gasteiger partial charge in [0.25, 0.3) is 0 Å². The minimum Gasteiger partial charge on any atom is -0.481 e. The van der Waals surface area contributed by atoms with Crippen LogP contribution < -0.4 is 5.32 Å². The van der Waals surface area contributed by atoms with Gasteiger partial charge in [0.1, 0.15) is 0 Å². The topological polar surface area (TPSA) is 66.4 Å². The number of nitrogens with one attached hydrogen (secondary N) is 1. The Bertz CT molecular complexity index is 227. The number of aliphatic carboxylic acids is 1. The van der Waals surface area contributed by atoms with E-state index in [-0.39, 0.29) is 12.3 Å². The molecule has 1 aliphatic heterocycles. The molecule has 15 heavy (non-hydrogen) atoms. The average Bonchev–Trinajstić information content (AvgIpc) is 2.18. The monoisotopic (exact) mass is 231 g/mol. The lowest BCUT2D eigenvalue weighted by atomic mass is 10.1. The number of rotatable bonds is 5. The fourth-order valence-corrected chi connectivity index (χ4v) is 2.63. The maximum Gasteiger partial charge on any atom is 0.303 e. The van der Waals surface area contributed by atoms with E-state index < -0.39 is 5.97 Å². The molecular weight excluding hydrogens is 214 g/mol. The van der Waals surface area contributed by atoms with Gasteiger partial charge in [0.15, 0.2) is 0 Å². The molecule has 1 fully saturated rings. The zero-order valence-corrected chi connectivity index (χ0v) is 9.52. The van der Waals surface area contributed by atoms with Crippen LogP contribution >= 0.6 is 11.8 Å². The molecule has 1 unspecified atom stereocenters. The molecule has 0 radical (unpaired) electrons. The predicted octanol–water partition coefficient (Wildman–Crippen LogP) is 1.25. The molecule has 0 aliphatic carbocycles. The Kier molecular flexibility index (Phi) is 5.53. The summed E-state index contributed by atoms with van der Waals surface area (Å²) in [5, 5.41) is 11.4. The highest BCUT2D eigenvalue weighted by Crippen LogP contribution is 2.16. The molecule has 1 rings (SSSR count). The molecule has 1 heterocycles. The first-order valence-electron chi connectivity index (χ1n) is 5.27. The van der Waals surface area contributed by atoms with Crippen molar-refractivity contribution < 1.29 is 14.7 Å². The van der Waals surface area contributed by atoms with Gasteiger partial charge in [-0.15, -0.1) is 0 Å². The zero-order valence-electron chi connectivity index (χ0n) is 8.70. The van der Waals surface area contributed by atoms with Crippen LogP contribution in [0.4, 0.5) is 0 Å². The van der Waals surface area contributed by atoms with Crippen LogP contribution in [-0.2, 0) is 9.59 Å². The first-order chi connectivity index (χ1) is 7.18. The maximum absolute atomic E-state index is 11.4. The molecular formula is C10H17NO3S. The number of hydrogen-bond donors (Lipinski definition) is 2. The highest BCUT2D eigenvalue weighted by Gasteiger charge is 2.15. The van der Waals surface area contributed by atoms with E-state index in [1.165, 1.54) is 5.75 Å². The number of carbonyl (C=O) groups excluding carboxylic acids is 1. The van der Waals surface area contributed by atoms with E-state index in [1.807, 2.05) is 11.8 Å². The zero-order chi connectivity index (χ0) is 11.1. The van der Waals surface area contributed by atoms with Crippen molar-refractivity contribution in [3.05, 3.63) is 0 Å². The van der Waals surface area contributed by atoms with Crippen LogP contribution in [0.3, 0.4) is 0 Å². The van der Waals surface area contributed by atoms with Crippen molar-refractivity contribution in [1.82, 2.24) is 5.32 Å². The highest BCUT2D eigenvalue weighted by atomic mass is 32.2. The van der Waals surface area contributed by atoms with Crippen molar-refractivity contribution in [2.24, 2.45) is 0 Å². The summed E-state index contributed by atoms with van der Waals surface area (Å²) < 4.78 is 0. The molecule has 1 saturated heterocycles. The molecule has 0 saturated carbocycles. The van der Waals surface area contributed by atoms with Gasteiger partial charge in [0, 0.05) is 24.6 Å². The van der Waals surface area contributed by atoms with Crippen molar-refractivity contribution >= 4 is 23.6 Å². The fourth-order valence-electron chi connectivity index (χ4n) is 1.55. The number of thioether (sulfide) groups is 1. The van der Waals surface area contributed by atoms with Gasteiger partial charge >= 0.3 is 5.97 Å². The first-order valence-corrected chi connectivity index (χ1v) is 6.43. The summed E-state index contributed by atoms with van der Waals surface area (Å²) in [4.78, 5) is 21.6. The van der Waals surface area contributed by atoms with Gasteiger partial charge in [-0.2, -0.15) is 11.8 Å². The second-order valence-corrected chi connectivity index (χ2v) is 4.88. The molecule has 4 nitrogen and oxygen atoms in total. The Labute approximate surface area is 93.8 Å². The highest BCUT2D eigenvalue weighted by molar-refractivity contribution is 7.99. The third-order valence-corrected chi connectivity index (χ3v) is 3.54. The molecule has 2 N–H and O–H groups in total. The van der Waals surface area contributed by atoms with E-state index in [9.17, 15) is 9.59 Å². The number of carboxylic acids is 1. The third kappa shape index (κ3) is 5.67.